The average molecular weight is 531 g/mol. The number of nitro groups is 1. The fourth-order valence-corrected chi connectivity index (χ4v) is 5.53. The Labute approximate surface area is 220 Å². The molecule has 1 aromatic carbocycles. The number of likely N-dealkylation sites (tertiary alicyclic amines) is 1. The van der Waals surface area contributed by atoms with Crippen LogP contribution in [0.3, 0.4) is 0 Å². The lowest BCUT2D eigenvalue weighted by Gasteiger charge is -2.33. The first-order chi connectivity index (χ1) is 18.0. The zero-order valence-corrected chi connectivity index (χ0v) is 21.6. The van der Waals surface area contributed by atoms with Crippen LogP contribution in [0.4, 0.5) is 5.69 Å². The van der Waals surface area contributed by atoms with E-state index in [1.165, 1.54) is 23.5 Å². The molecule has 37 heavy (non-hydrogen) atoms. The number of thiophene rings is 1. The number of carbonyl (C=O) groups is 2. The summed E-state index contributed by atoms with van der Waals surface area (Å²) in [6.07, 6.45) is 0.504. The highest BCUT2D eigenvalue weighted by atomic mass is 32.1. The summed E-state index contributed by atoms with van der Waals surface area (Å²) in [5, 5.41) is 15.8. The molecule has 2 saturated heterocycles. The molecule has 12 heteroatoms. The molecule has 2 aliphatic rings. The maximum atomic E-state index is 13.4. The van der Waals surface area contributed by atoms with E-state index in [9.17, 15) is 19.7 Å². The number of ether oxygens (including phenoxy) is 1. The second kappa shape index (κ2) is 13.1. The molecule has 2 unspecified atom stereocenters. The Morgan fingerprint density at radius 2 is 1.97 bits per heavy atom. The van der Waals surface area contributed by atoms with Gasteiger partial charge in [-0.15, -0.1) is 11.3 Å². The van der Waals surface area contributed by atoms with E-state index >= 15 is 0 Å². The normalized spacial score (nSPS) is 20.3. The molecule has 0 aliphatic carbocycles. The largest absolute Gasteiger partial charge is 0.379 e. The van der Waals surface area contributed by atoms with Gasteiger partial charge in [-0.05, 0) is 23.4 Å². The van der Waals surface area contributed by atoms with Gasteiger partial charge in [-0.25, -0.2) is 0 Å². The molecule has 4 rings (SSSR count). The van der Waals surface area contributed by atoms with Crippen molar-refractivity contribution in [2.24, 2.45) is 5.73 Å². The van der Waals surface area contributed by atoms with Crippen LogP contribution in [-0.2, 0) is 16.1 Å². The molecule has 2 amide bonds. The maximum absolute atomic E-state index is 13.4. The fraction of sp³-hybridized carbons (Fsp3) is 0.520. The van der Waals surface area contributed by atoms with E-state index in [0.717, 1.165) is 31.7 Å². The second-order valence-corrected chi connectivity index (χ2v) is 10.2. The van der Waals surface area contributed by atoms with Crippen molar-refractivity contribution >= 4 is 28.8 Å². The van der Waals surface area contributed by atoms with Crippen molar-refractivity contribution in [2.75, 3.05) is 59.0 Å². The zero-order valence-electron chi connectivity index (χ0n) is 20.8. The van der Waals surface area contributed by atoms with Crippen molar-refractivity contribution in [3.05, 3.63) is 62.3 Å². The van der Waals surface area contributed by atoms with Crippen molar-refractivity contribution < 1.29 is 19.2 Å². The lowest BCUT2D eigenvalue weighted by molar-refractivity contribution is -0.384. The molecule has 2 fully saturated rings. The average Bonchev–Trinajstić information content (AvgIpc) is 3.61. The van der Waals surface area contributed by atoms with Gasteiger partial charge in [0.25, 0.3) is 11.6 Å². The molecule has 0 spiro atoms. The summed E-state index contributed by atoms with van der Waals surface area (Å²) in [4.78, 5) is 44.0. The standard InChI is InChI=1S/C25H34N6O5S/c26-7-8-27-24(32)22-16-21(18-30(22)25(33)23-2-1-15-37-23)29(10-9-28-11-13-36-14-12-28)17-19-3-5-20(6-4-19)31(34)35/h1-6,15,21-22H,7-14,16-18,26H2,(H,27,32). The number of nitrogens with two attached hydrogens (primary N) is 1. The Morgan fingerprint density at radius 3 is 2.62 bits per heavy atom. The molecule has 0 radical (unpaired) electrons. The summed E-state index contributed by atoms with van der Waals surface area (Å²) in [7, 11) is 0. The smallest absolute Gasteiger partial charge is 0.269 e. The number of rotatable bonds is 11. The summed E-state index contributed by atoms with van der Waals surface area (Å²) in [5.74, 6) is -0.338. The van der Waals surface area contributed by atoms with Gasteiger partial charge in [0.15, 0.2) is 0 Å². The highest BCUT2D eigenvalue weighted by Crippen LogP contribution is 2.27. The van der Waals surface area contributed by atoms with Crippen LogP contribution < -0.4 is 11.1 Å². The summed E-state index contributed by atoms with van der Waals surface area (Å²) >= 11 is 1.36. The molecule has 2 atom stereocenters. The number of nitrogens with zero attached hydrogens (tertiary/aromatic N) is 4. The van der Waals surface area contributed by atoms with E-state index in [1.54, 1.807) is 23.1 Å². The monoisotopic (exact) mass is 530 g/mol. The minimum Gasteiger partial charge on any atom is -0.379 e. The first kappa shape index (κ1) is 27.1. The highest BCUT2D eigenvalue weighted by Gasteiger charge is 2.42. The van der Waals surface area contributed by atoms with Crippen LogP contribution >= 0.6 is 11.3 Å². The van der Waals surface area contributed by atoms with Gasteiger partial charge in [0, 0.05) is 70.5 Å². The number of morpholine rings is 1. The number of carbonyl (C=O) groups excluding carboxylic acids is 2. The number of hydrogen-bond donors (Lipinski definition) is 2. The summed E-state index contributed by atoms with van der Waals surface area (Å²) in [6, 6.07) is 9.55. The summed E-state index contributed by atoms with van der Waals surface area (Å²) in [6.45, 7) is 6.37. The summed E-state index contributed by atoms with van der Waals surface area (Å²) < 4.78 is 5.47. The van der Waals surface area contributed by atoms with Crippen LogP contribution in [0.5, 0.6) is 0 Å². The van der Waals surface area contributed by atoms with E-state index in [0.29, 0.717) is 50.7 Å². The predicted octanol–water partition coefficient (Wildman–Crippen LogP) is 1.15. The lowest BCUT2D eigenvalue weighted by atomic mass is 10.1. The lowest BCUT2D eigenvalue weighted by Crippen LogP contribution is -2.47. The minimum absolute atomic E-state index is 0.0474. The number of nitro benzene ring substituents is 1. The number of benzene rings is 1. The molecule has 2 aromatic rings. The summed E-state index contributed by atoms with van der Waals surface area (Å²) in [5.41, 5.74) is 6.58. The van der Waals surface area contributed by atoms with Crippen molar-refractivity contribution in [3.63, 3.8) is 0 Å². The minimum atomic E-state index is -0.589. The van der Waals surface area contributed by atoms with Gasteiger partial charge in [0.05, 0.1) is 23.0 Å². The van der Waals surface area contributed by atoms with Gasteiger partial charge in [-0.1, -0.05) is 18.2 Å². The Balaban J connectivity index is 1.54. The molecular weight excluding hydrogens is 496 g/mol. The Kier molecular flexibility index (Phi) is 9.58. The van der Waals surface area contributed by atoms with Gasteiger partial charge in [-0.3, -0.25) is 29.5 Å². The van der Waals surface area contributed by atoms with Crippen molar-refractivity contribution in [3.8, 4) is 0 Å². The molecule has 2 aliphatic heterocycles. The molecule has 3 heterocycles. The van der Waals surface area contributed by atoms with Gasteiger partial charge >= 0.3 is 0 Å². The third-order valence-electron chi connectivity index (χ3n) is 6.87. The first-order valence-electron chi connectivity index (χ1n) is 12.6. The van der Waals surface area contributed by atoms with Crippen molar-refractivity contribution in [1.29, 1.82) is 0 Å². The Bertz CT molecular complexity index is 1040. The van der Waals surface area contributed by atoms with Gasteiger partial charge in [0.2, 0.25) is 5.91 Å². The van der Waals surface area contributed by atoms with E-state index < -0.39 is 11.0 Å². The van der Waals surface area contributed by atoms with Crippen LogP contribution in [0, 0.1) is 10.1 Å². The van der Waals surface area contributed by atoms with Crippen LogP contribution in [0.15, 0.2) is 41.8 Å². The fourth-order valence-electron chi connectivity index (χ4n) is 4.85. The predicted molar refractivity (Wildman–Crippen MR) is 140 cm³/mol. The van der Waals surface area contributed by atoms with Crippen molar-refractivity contribution in [2.45, 2.75) is 25.0 Å². The topological polar surface area (TPSA) is 134 Å². The Morgan fingerprint density at radius 1 is 1.22 bits per heavy atom. The number of hydrogen-bond acceptors (Lipinski definition) is 9. The number of non-ortho nitro benzene ring substituents is 1. The van der Waals surface area contributed by atoms with Gasteiger partial charge < -0.3 is 20.7 Å². The van der Waals surface area contributed by atoms with E-state index in [1.807, 2.05) is 11.4 Å². The van der Waals surface area contributed by atoms with E-state index in [-0.39, 0.29) is 23.5 Å². The maximum Gasteiger partial charge on any atom is 0.269 e. The molecule has 1 aromatic heterocycles. The quantitative estimate of drug-likeness (QED) is 0.326. The van der Waals surface area contributed by atoms with Gasteiger partial charge in [-0.2, -0.15) is 0 Å². The molecule has 0 saturated carbocycles. The molecule has 11 nitrogen and oxygen atoms in total. The second-order valence-electron chi connectivity index (χ2n) is 9.27. The third-order valence-corrected chi connectivity index (χ3v) is 7.73. The van der Waals surface area contributed by atoms with Crippen LogP contribution in [0.25, 0.3) is 0 Å². The van der Waals surface area contributed by atoms with Crippen LogP contribution in [0.1, 0.15) is 21.7 Å². The molecule has 200 valence electrons. The van der Waals surface area contributed by atoms with Gasteiger partial charge in [0.1, 0.15) is 6.04 Å². The highest BCUT2D eigenvalue weighted by molar-refractivity contribution is 7.12. The molecular formula is C25H34N6O5S. The van der Waals surface area contributed by atoms with E-state index in [4.69, 9.17) is 10.5 Å². The number of amides is 2. The van der Waals surface area contributed by atoms with Crippen LogP contribution in [-0.4, -0.2) is 103 Å². The SMILES string of the molecule is NCCNC(=O)C1CC(N(CCN2CCOCC2)Cc2ccc([N+](=O)[O-])cc2)CN1C(=O)c1cccs1. The first-order valence-corrected chi connectivity index (χ1v) is 13.4. The third kappa shape index (κ3) is 7.11. The van der Waals surface area contributed by atoms with Crippen LogP contribution in [0.2, 0.25) is 0 Å². The van der Waals surface area contributed by atoms with Crippen molar-refractivity contribution in [1.82, 2.24) is 20.0 Å². The zero-order chi connectivity index (χ0) is 26.2. The Hall–Kier alpha value is -2.90. The molecule has 0 bridgehead atoms. The van der Waals surface area contributed by atoms with E-state index in [2.05, 4.69) is 15.1 Å². The number of nitrogens with one attached hydrogen (secondary N) is 1. The molecule has 3 N–H and O–H groups in total.